The van der Waals surface area contributed by atoms with Crippen LogP contribution in [0.4, 0.5) is 0 Å². The fraction of sp³-hybridized carbons (Fsp3) is 0.267. The Morgan fingerprint density at radius 1 is 1.36 bits per heavy atom. The molecule has 0 radical (unpaired) electrons. The number of nitrogens with zero attached hydrogens (tertiary/aromatic N) is 3. The minimum absolute atomic E-state index is 0.0381. The molecule has 0 saturated carbocycles. The Morgan fingerprint density at radius 3 is 2.73 bits per heavy atom. The van der Waals surface area contributed by atoms with Gasteiger partial charge in [0.2, 0.25) is 5.88 Å². The third-order valence-electron chi connectivity index (χ3n) is 3.88. The van der Waals surface area contributed by atoms with Crippen molar-refractivity contribution in [2.45, 2.75) is 26.3 Å². The normalized spacial score (nSPS) is 13.8. The van der Waals surface area contributed by atoms with Crippen molar-refractivity contribution >= 4 is 17.4 Å². The summed E-state index contributed by atoms with van der Waals surface area (Å²) in [5.41, 5.74) is 0.700. The molecule has 0 amide bonds. The molecule has 0 fully saturated rings. The lowest BCUT2D eigenvalue weighted by atomic mass is 10.1. The van der Waals surface area contributed by atoms with Gasteiger partial charge in [0.1, 0.15) is 6.07 Å². The van der Waals surface area contributed by atoms with E-state index in [1.165, 1.54) is 16.7 Å². The molecule has 3 rings (SSSR count). The van der Waals surface area contributed by atoms with E-state index in [1.807, 2.05) is 6.07 Å². The summed E-state index contributed by atoms with van der Waals surface area (Å²) in [5, 5.41) is 19.5. The van der Waals surface area contributed by atoms with Crippen LogP contribution in [0.1, 0.15) is 34.5 Å². The molecule has 0 bridgehead atoms. The van der Waals surface area contributed by atoms with Gasteiger partial charge < -0.3 is 5.11 Å². The average Bonchev–Trinajstić information content (AvgIpc) is 2.75. The zero-order valence-electron chi connectivity index (χ0n) is 11.8. The van der Waals surface area contributed by atoms with E-state index in [4.69, 9.17) is 16.9 Å². The Morgan fingerprint density at radius 2 is 2.09 bits per heavy atom. The van der Waals surface area contributed by atoms with Crippen LogP contribution in [0, 0.1) is 18.3 Å². The van der Waals surface area contributed by atoms with E-state index in [9.17, 15) is 14.7 Å². The van der Waals surface area contributed by atoms with Crippen LogP contribution in [0.5, 0.6) is 5.88 Å². The number of carbonyl (C=O) groups excluding carboxylic acids is 1. The molecule has 2 heterocycles. The molecule has 2 aromatic rings. The van der Waals surface area contributed by atoms with E-state index in [-0.39, 0.29) is 27.9 Å². The molecule has 1 aromatic heterocycles. The van der Waals surface area contributed by atoms with E-state index in [0.717, 1.165) is 4.57 Å². The van der Waals surface area contributed by atoms with Gasteiger partial charge in [0, 0.05) is 13.0 Å². The maximum absolute atomic E-state index is 12.5. The van der Waals surface area contributed by atoms with Gasteiger partial charge in [0.15, 0.2) is 11.5 Å². The largest absolute Gasteiger partial charge is 0.493 e. The second-order valence-corrected chi connectivity index (χ2v) is 5.53. The van der Waals surface area contributed by atoms with Crippen LogP contribution < -0.4 is 5.69 Å². The molecular weight excluding hydrogens is 306 g/mol. The predicted molar refractivity (Wildman–Crippen MR) is 79.7 cm³/mol. The number of imidazole rings is 1. The minimum Gasteiger partial charge on any atom is -0.493 e. The van der Waals surface area contributed by atoms with Gasteiger partial charge >= 0.3 is 5.69 Å². The zero-order chi connectivity index (χ0) is 16.0. The molecule has 0 spiro atoms. The summed E-state index contributed by atoms with van der Waals surface area (Å²) >= 11 is 6.12. The molecule has 0 saturated heterocycles. The number of ketones is 1. The number of aromatic hydroxyl groups is 1. The lowest BCUT2D eigenvalue weighted by molar-refractivity contribution is 0.0951. The zero-order valence-corrected chi connectivity index (χ0v) is 12.5. The SMILES string of the molecule is Cc1c(-n2c(O)c3n(c2=O)CCCC3=O)ccc(C#N)c1Cl. The summed E-state index contributed by atoms with van der Waals surface area (Å²) in [7, 11) is 0. The predicted octanol–water partition coefficient (Wildman–Crippen LogP) is 2.15. The van der Waals surface area contributed by atoms with Crippen LogP contribution in [0.3, 0.4) is 0 Å². The second kappa shape index (κ2) is 5.04. The number of hydrogen-bond donors (Lipinski definition) is 1. The highest BCUT2D eigenvalue weighted by Gasteiger charge is 2.29. The molecule has 0 aliphatic carbocycles. The number of benzene rings is 1. The number of hydrogen-bond acceptors (Lipinski definition) is 4. The number of Topliss-reactive ketones (excluding diaryl/α,β-unsaturated/α-hetero) is 1. The quantitative estimate of drug-likeness (QED) is 0.873. The fourth-order valence-corrected chi connectivity index (χ4v) is 2.96. The van der Waals surface area contributed by atoms with Gasteiger partial charge in [-0.05, 0) is 31.0 Å². The van der Waals surface area contributed by atoms with Gasteiger partial charge in [-0.3, -0.25) is 9.36 Å². The van der Waals surface area contributed by atoms with Crippen LogP contribution in [0.15, 0.2) is 16.9 Å². The molecule has 1 aliphatic heterocycles. The minimum atomic E-state index is -0.482. The number of carbonyl (C=O) groups is 1. The lowest BCUT2D eigenvalue weighted by Crippen LogP contribution is -2.28. The second-order valence-electron chi connectivity index (χ2n) is 5.15. The first-order valence-electron chi connectivity index (χ1n) is 6.74. The molecule has 1 aromatic carbocycles. The van der Waals surface area contributed by atoms with Crippen molar-refractivity contribution < 1.29 is 9.90 Å². The Labute approximate surface area is 130 Å². The van der Waals surface area contributed by atoms with Crippen molar-refractivity contribution in [2.24, 2.45) is 0 Å². The van der Waals surface area contributed by atoms with E-state index in [1.54, 1.807) is 6.92 Å². The van der Waals surface area contributed by atoms with Crippen LogP contribution in [0.25, 0.3) is 5.69 Å². The van der Waals surface area contributed by atoms with Crippen LogP contribution in [-0.2, 0) is 6.54 Å². The molecule has 1 aliphatic rings. The van der Waals surface area contributed by atoms with Crippen LogP contribution in [0.2, 0.25) is 5.02 Å². The monoisotopic (exact) mass is 317 g/mol. The first-order chi connectivity index (χ1) is 10.5. The Balaban J connectivity index is 2.32. The van der Waals surface area contributed by atoms with Gasteiger partial charge in [-0.25, -0.2) is 9.36 Å². The Hall–Kier alpha value is -2.52. The first-order valence-corrected chi connectivity index (χ1v) is 7.12. The number of rotatable bonds is 1. The average molecular weight is 318 g/mol. The topological polar surface area (TPSA) is 88.0 Å². The summed E-state index contributed by atoms with van der Waals surface area (Å²) in [5.74, 6) is -0.629. The van der Waals surface area contributed by atoms with E-state index >= 15 is 0 Å². The van der Waals surface area contributed by atoms with Gasteiger partial charge in [-0.1, -0.05) is 11.6 Å². The Kier molecular flexibility index (Phi) is 3.30. The van der Waals surface area contributed by atoms with Gasteiger partial charge in [-0.15, -0.1) is 0 Å². The van der Waals surface area contributed by atoms with Crippen molar-refractivity contribution in [1.29, 1.82) is 5.26 Å². The number of fused-ring (bicyclic) bond motifs is 1. The lowest BCUT2D eigenvalue weighted by Gasteiger charge is -2.11. The van der Waals surface area contributed by atoms with Crippen molar-refractivity contribution in [2.75, 3.05) is 0 Å². The van der Waals surface area contributed by atoms with Crippen LogP contribution in [-0.4, -0.2) is 20.0 Å². The fourth-order valence-electron chi connectivity index (χ4n) is 2.75. The number of nitriles is 1. The molecule has 6 nitrogen and oxygen atoms in total. The van der Waals surface area contributed by atoms with Crippen molar-refractivity contribution in [3.63, 3.8) is 0 Å². The van der Waals surface area contributed by atoms with Gasteiger partial charge in [0.25, 0.3) is 0 Å². The highest BCUT2D eigenvalue weighted by molar-refractivity contribution is 6.32. The van der Waals surface area contributed by atoms with E-state index < -0.39 is 5.69 Å². The molecular formula is C15H12ClN3O3. The van der Waals surface area contributed by atoms with Crippen LogP contribution >= 0.6 is 11.6 Å². The van der Waals surface area contributed by atoms with Crippen molar-refractivity contribution in [3.8, 4) is 17.6 Å². The molecule has 112 valence electrons. The van der Waals surface area contributed by atoms with Gasteiger partial charge in [0.05, 0.1) is 16.3 Å². The number of aromatic nitrogens is 2. The molecule has 0 atom stereocenters. The summed E-state index contributed by atoms with van der Waals surface area (Å²) in [6, 6.07) is 4.98. The van der Waals surface area contributed by atoms with Crippen molar-refractivity contribution in [1.82, 2.24) is 9.13 Å². The van der Waals surface area contributed by atoms with E-state index in [2.05, 4.69) is 0 Å². The summed E-state index contributed by atoms with van der Waals surface area (Å²) < 4.78 is 2.35. The Bertz CT molecular complexity index is 902. The van der Waals surface area contributed by atoms with Crippen molar-refractivity contribution in [3.05, 3.63) is 44.5 Å². The molecule has 1 N–H and O–H groups in total. The smallest absolute Gasteiger partial charge is 0.336 e. The van der Waals surface area contributed by atoms with E-state index in [0.29, 0.717) is 30.6 Å². The summed E-state index contributed by atoms with van der Waals surface area (Å²) in [4.78, 5) is 24.5. The summed E-state index contributed by atoms with van der Waals surface area (Å²) in [6.07, 6.45) is 0.881. The maximum atomic E-state index is 12.5. The third kappa shape index (κ3) is 1.86. The molecule has 7 heteroatoms. The maximum Gasteiger partial charge on any atom is 0.336 e. The standard InChI is InChI=1S/C15H12ClN3O3/c1-8-10(5-4-9(7-17)12(8)16)19-14(21)13-11(20)3-2-6-18(13)15(19)22/h4-5,21H,2-3,6H2,1H3. The first kappa shape index (κ1) is 14.4. The number of halogens is 1. The third-order valence-corrected chi connectivity index (χ3v) is 4.37. The highest BCUT2D eigenvalue weighted by Crippen LogP contribution is 2.30. The molecule has 22 heavy (non-hydrogen) atoms. The summed E-state index contributed by atoms with van der Waals surface area (Å²) in [6.45, 7) is 2.05. The van der Waals surface area contributed by atoms with Gasteiger partial charge in [-0.2, -0.15) is 5.26 Å². The molecule has 0 unspecified atom stereocenters. The highest BCUT2D eigenvalue weighted by atomic mass is 35.5.